The van der Waals surface area contributed by atoms with Crippen molar-refractivity contribution >= 4 is 35.0 Å². The van der Waals surface area contributed by atoms with E-state index in [1.165, 1.54) is 27.6 Å². The maximum atomic E-state index is 14.2. The predicted octanol–water partition coefficient (Wildman–Crippen LogP) is 4.34. The van der Waals surface area contributed by atoms with Gasteiger partial charge >= 0.3 is 0 Å². The number of nitrogens with zero attached hydrogens (tertiary/aromatic N) is 3. The summed E-state index contributed by atoms with van der Waals surface area (Å²) >= 11 is 1.42. The second-order valence-corrected chi connectivity index (χ2v) is 14.2. The first-order valence-electron chi connectivity index (χ1n) is 17.6. The zero-order valence-electron chi connectivity index (χ0n) is 28.7. The van der Waals surface area contributed by atoms with Crippen LogP contribution in [0.3, 0.4) is 0 Å². The Morgan fingerprint density at radius 1 is 0.979 bits per heavy atom. The Labute approximate surface area is 288 Å². The van der Waals surface area contributed by atoms with E-state index in [1.54, 1.807) is 30.8 Å². The number of benzene rings is 1. The smallest absolute Gasteiger partial charge is 0.255 e. The van der Waals surface area contributed by atoms with Gasteiger partial charge < -0.3 is 30.3 Å². The van der Waals surface area contributed by atoms with Crippen LogP contribution in [-0.2, 0) is 20.8 Å². The minimum absolute atomic E-state index is 0.0406. The van der Waals surface area contributed by atoms with Crippen LogP contribution in [0.5, 0.6) is 5.75 Å². The van der Waals surface area contributed by atoms with Gasteiger partial charge in [0.2, 0.25) is 17.7 Å². The quantitative estimate of drug-likeness (QED) is 0.436. The number of para-hydroxylation sites is 1. The number of aliphatic hydroxyl groups is 1. The molecule has 0 saturated carbocycles. The number of carbonyl (C=O) groups is 4. The second-order valence-electron chi connectivity index (χ2n) is 13.5. The number of ether oxygens (including phenoxy) is 1. The van der Waals surface area contributed by atoms with Gasteiger partial charge in [0.25, 0.3) is 5.91 Å². The molecule has 1 aromatic heterocycles. The molecule has 2 aliphatic heterocycles. The molecule has 264 valence electrons. The van der Waals surface area contributed by atoms with Crippen LogP contribution in [0.2, 0.25) is 0 Å². The number of fused-ring (bicyclic) bond motifs is 2. The highest BCUT2D eigenvalue weighted by Gasteiger charge is 2.44. The van der Waals surface area contributed by atoms with Crippen molar-refractivity contribution in [2.45, 2.75) is 115 Å². The maximum absolute atomic E-state index is 14.2. The lowest BCUT2D eigenvalue weighted by Crippen LogP contribution is -2.57. The summed E-state index contributed by atoms with van der Waals surface area (Å²) in [6.45, 7) is 4.88. The van der Waals surface area contributed by atoms with Crippen LogP contribution in [0, 0.1) is 5.92 Å². The number of aromatic nitrogens is 1. The number of amides is 4. The van der Waals surface area contributed by atoms with Crippen molar-refractivity contribution < 1.29 is 29.0 Å². The molecule has 2 aromatic rings. The number of hydrogen-bond donors (Lipinski definition) is 3. The summed E-state index contributed by atoms with van der Waals surface area (Å²) < 4.78 is 6.04. The fourth-order valence-electron chi connectivity index (χ4n) is 6.51. The molecular formula is C36H53N5O6S. The first-order valence-corrected chi connectivity index (χ1v) is 18.5. The zero-order chi connectivity index (χ0) is 34.5. The van der Waals surface area contributed by atoms with E-state index in [0.29, 0.717) is 36.6 Å². The standard InChI is InChI=1S/C36H53N5O6S/c1-25(2)19-29-35(45)41-22-27(42)21-31(41)36(46)40(3)30(20-26-23-48-24-38-26)34(44)37-17-13-9-7-5-4-6-8-10-14-18-47-32-16-12-11-15-28(32)33(43)39-29/h11-12,15-16,23-25,27,29-31,42H,4-10,13-14,17-22H2,1-3H3,(H,37,44)(H,39,43)/t27-,29+,30-,31+/m0/s1. The molecule has 0 unspecified atom stereocenters. The normalized spacial score (nSPS) is 24.9. The minimum Gasteiger partial charge on any atom is -0.493 e. The lowest BCUT2D eigenvalue weighted by molar-refractivity contribution is -0.147. The van der Waals surface area contributed by atoms with E-state index < -0.39 is 42.0 Å². The van der Waals surface area contributed by atoms with Gasteiger partial charge in [-0.05, 0) is 37.3 Å². The highest BCUT2D eigenvalue weighted by Crippen LogP contribution is 2.25. The predicted molar refractivity (Wildman–Crippen MR) is 186 cm³/mol. The fraction of sp³-hybridized carbons (Fsp3) is 0.639. The van der Waals surface area contributed by atoms with E-state index in [4.69, 9.17) is 4.74 Å². The summed E-state index contributed by atoms with van der Waals surface area (Å²) in [7, 11) is 1.57. The maximum Gasteiger partial charge on any atom is 0.255 e. The SMILES string of the molecule is CC(C)C[C@H]1NC(=O)c2ccccc2OCCCCCCCCCCCNC(=O)[C@H](Cc2cscn2)N(C)C(=O)[C@H]2C[C@H](O)CN2C1=O. The van der Waals surface area contributed by atoms with Gasteiger partial charge in [0.1, 0.15) is 23.9 Å². The molecule has 2 aliphatic rings. The van der Waals surface area contributed by atoms with Crippen molar-refractivity contribution in [1.82, 2.24) is 25.4 Å². The summed E-state index contributed by atoms with van der Waals surface area (Å²) in [6, 6.07) is 4.27. The molecule has 1 saturated heterocycles. The van der Waals surface area contributed by atoms with Crippen molar-refractivity contribution in [3.05, 3.63) is 46.4 Å². The van der Waals surface area contributed by atoms with E-state index in [2.05, 4.69) is 15.6 Å². The molecule has 4 atom stereocenters. The minimum atomic E-state index is -0.986. The van der Waals surface area contributed by atoms with Crippen LogP contribution >= 0.6 is 11.3 Å². The first-order chi connectivity index (χ1) is 23.2. The van der Waals surface area contributed by atoms with Gasteiger partial charge in [-0.2, -0.15) is 0 Å². The largest absolute Gasteiger partial charge is 0.493 e. The molecule has 48 heavy (non-hydrogen) atoms. The van der Waals surface area contributed by atoms with E-state index >= 15 is 0 Å². The van der Waals surface area contributed by atoms with Gasteiger partial charge in [-0.15, -0.1) is 11.3 Å². The Bertz CT molecular complexity index is 1340. The monoisotopic (exact) mass is 683 g/mol. The molecule has 0 spiro atoms. The highest BCUT2D eigenvalue weighted by atomic mass is 32.1. The molecule has 0 aliphatic carbocycles. The average Bonchev–Trinajstić information content (AvgIpc) is 3.73. The molecular weight excluding hydrogens is 630 g/mol. The van der Waals surface area contributed by atoms with Crippen molar-refractivity contribution in [2.24, 2.45) is 5.92 Å². The number of rotatable bonds is 4. The number of likely N-dealkylation sites (N-methyl/N-ethyl adjacent to an activating group) is 1. The average molecular weight is 684 g/mol. The van der Waals surface area contributed by atoms with E-state index in [-0.39, 0.29) is 31.2 Å². The summed E-state index contributed by atoms with van der Waals surface area (Å²) in [5.41, 5.74) is 2.74. The summed E-state index contributed by atoms with van der Waals surface area (Å²) in [6.07, 6.45) is 9.19. The van der Waals surface area contributed by atoms with Crippen molar-refractivity contribution in [1.29, 1.82) is 0 Å². The zero-order valence-corrected chi connectivity index (χ0v) is 29.5. The molecule has 4 rings (SSSR count). The lowest BCUT2D eigenvalue weighted by atomic mass is 10.0. The van der Waals surface area contributed by atoms with Gasteiger partial charge in [0, 0.05) is 38.4 Å². The third-order valence-corrected chi connectivity index (χ3v) is 9.81. The Morgan fingerprint density at radius 2 is 1.67 bits per heavy atom. The molecule has 3 heterocycles. The van der Waals surface area contributed by atoms with Crippen LogP contribution in [0.15, 0.2) is 35.2 Å². The third kappa shape index (κ3) is 10.7. The van der Waals surface area contributed by atoms with E-state index in [1.807, 2.05) is 25.3 Å². The summed E-state index contributed by atoms with van der Waals surface area (Å²) in [5.74, 6) is -1.07. The number of aliphatic hydroxyl groups excluding tert-OH is 1. The molecule has 0 radical (unpaired) electrons. The molecule has 11 nitrogen and oxygen atoms in total. The number of hydrogen-bond acceptors (Lipinski definition) is 8. The van der Waals surface area contributed by atoms with Gasteiger partial charge in [0.15, 0.2) is 0 Å². The molecule has 12 heteroatoms. The third-order valence-electron chi connectivity index (χ3n) is 9.17. The Morgan fingerprint density at radius 3 is 2.35 bits per heavy atom. The van der Waals surface area contributed by atoms with Gasteiger partial charge in [-0.1, -0.05) is 70.9 Å². The Balaban J connectivity index is 1.59. The molecule has 0 bridgehead atoms. The summed E-state index contributed by atoms with van der Waals surface area (Å²) in [4.78, 5) is 62.6. The van der Waals surface area contributed by atoms with Gasteiger partial charge in [-0.25, -0.2) is 4.98 Å². The van der Waals surface area contributed by atoms with E-state index in [0.717, 1.165) is 51.4 Å². The van der Waals surface area contributed by atoms with Crippen LogP contribution in [0.1, 0.15) is 101 Å². The fourth-order valence-corrected chi connectivity index (χ4v) is 7.08. The number of nitrogens with one attached hydrogen (secondary N) is 2. The Kier molecular flexibility index (Phi) is 14.7. The molecule has 3 N–H and O–H groups in total. The number of carbonyl (C=O) groups excluding carboxylic acids is 4. The first kappa shape index (κ1) is 37.3. The van der Waals surface area contributed by atoms with Crippen molar-refractivity contribution in [3.63, 3.8) is 0 Å². The molecule has 1 fully saturated rings. The van der Waals surface area contributed by atoms with Gasteiger partial charge in [0.05, 0.1) is 29.5 Å². The van der Waals surface area contributed by atoms with E-state index in [9.17, 15) is 24.3 Å². The number of thiazole rings is 1. The summed E-state index contributed by atoms with van der Waals surface area (Å²) in [5, 5.41) is 18.5. The topological polar surface area (TPSA) is 141 Å². The van der Waals surface area contributed by atoms with Crippen LogP contribution in [0.25, 0.3) is 0 Å². The van der Waals surface area contributed by atoms with Crippen LogP contribution in [0.4, 0.5) is 0 Å². The second kappa shape index (κ2) is 18.9. The molecule has 4 amide bonds. The molecule has 1 aromatic carbocycles. The Hall–Kier alpha value is -3.51. The van der Waals surface area contributed by atoms with Crippen molar-refractivity contribution in [3.8, 4) is 5.75 Å². The lowest BCUT2D eigenvalue weighted by Gasteiger charge is -2.34. The van der Waals surface area contributed by atoms with Crippen molar-refractivity contribution in [2.75, 3.05) is 26.7 Å². The van der Waals surface area contributed by atoms with Gasteiger partial charge in [-0.3, -0.25) is 19.2 Å². The van der Waals surface area contributed by atoms with Crippen LogP contribution in [-0.4, -0.2) is 94.5 Å². The highest BCUT2D eigenvalue weighted by molar-refractivity contribution is 7.07. The van der Waals surface area contributed by atoms with Crippen LogP contribution < -0.4 is 15.4 Å².